The Morgan fingerprint density at radius 2 is 2.15 bits per heavy atom. The summed E-state index contributed by atoms with van der Waals surface area (Å²) in [6.07, 6.45) is 0.748. The molecule has 1 N–H and O–H groups in total. The number of carbonyl (C=O) groups excluding carboxylic acids is 2. The number of amides is 1. The van der Waals surface area contributed by atoms with Crippen molar-refractivity contribution in [2.75, 3.05) is 18.3 Å². The van der Waals surface area contributed by atoms with Crippen LogP contribution in [0.25, 0.3) is 0 Å². The molecule has 108 valence electrons. The third kappa shape index (κ3) is 4.20. The van der Waals surface area contributed by atoms with E-state index in [9.17, 15) is 19.7 Å². The first kappa shape index (κ1) is 15.9. The van der Waals surface area contributed by atoms with E-state index in [2.05, 4.69) is 10.1 Å². The van der Waals surface area contributed by atoms with Crippen LogP contribution in [0.3, 0.4) is 0 Å². The molecule has 0 aliphatic heterocycles. The Labute approximate surface area is 120 Å². The van der Waals surface area contributed by atoms with Crippen LogP contribution in [-0.2, 0) is 9.53 Å². The Hall–Kier alpha value is -2.15. The highest BCUT2D eigenvalue weighted by Crippen LogP contribution is 2.23. The summed E-state index contributed by atoms with van der Waals surface area (Å²) in [4.78, 5) is 33.1. The molecule has 0 aliphatic carbocycles. The zero-order chi connectivity index (χ0) is 15.1. The number of nitro groups is 1. The number of rotatable bonds is 6. The maximum atomic E-state index is 11.5. The van der Waals surface area contributed by atoms with Gasteiger partial charge < -0.3 is 10.1 Å². The molecule has 7 nitrogen and oxygen atoms in total. The summed E-state index contributed by atoms with van der Waals surface area (Å²) in [6, 6.07) is 3.70. The van der Waals surface area contributed by atoms with Crippen LogP contribution in [-0.4, -0.2) is 29.8 Å². The van der Waals surface area contributed by atoms with Gasteiger partial charge in [0.1, 0.15) is 5.56 Å². The van der Waals surface area contributed by atoms with Crippen LogP contribution < -0.4 is 5.32 Å². The topological polar surface area (TPSA) is 98.5 Å². The predicted molar refractivity (Wildman–Crippen MR) is 73.0 cm³/mol. The highest BCUT2D eigenvalue weighted by Gasteiger charge is 2.21. The first-order valence-electron chi connectivity index (χ1n) is 5.72. The van der Waals surface area contributed by atoms with E-state index in [1.165, 1.54) is 12.1 Å². The molecule has 20 heavy (non-hydrogen) atoms. The number of methoxy groups -OCH3 is 1. The minimum atomic E-state index is -0.839. The highest BCUT2D eigenvalue weighted by molar-refractivity contribution is 6.18. The summed E-state index contributed by atoms with van der Waals surface area (Å²) in [5, 5.41) is 13.3. The minimum Gasteiger partial charge on any atom is -0.465 e. The van der Waals surface area contributed by atoms with Gasteiger partial charge in [0.05, 0.1) is 12.0 Å². The number of carbonyl (C=O) groups is 2. The molecule has 0 bridgehead atoms. The molecular weight excluding hydrogens is 288 g/mol. The molecule has 0 saturated heterocycles. The number of anilines is 1. The van der Waals surface area contributed by atoms with Crippen molar-refractivity contribution in [2.45, 2.75) is 12.8 Å². The molecule has 0 radical (unpaired) electrons. The summed E-state index contributed by atoms with van der Waals surface area (Å²) in [6.45, 7) is 0. The molecule has 0 fully saturated rings. The Morgan fingerprint density at radius 3 is 2.70 bits per heavy atom. The molecule has 1 rings (SSSR count). The molecule has 1 aromatic rings. The number of benzene rings is 1. The van der Waals surface area contributed by atoms with Crippen molar-refractivity contribution in [3.05, 3.63) is 33.9 Å². The van der Waals surface area contributed by atoms with Gasteiger partial charge in [0, 0.05) is 24.1 Å². The number of hydrogen-bond acceptors (Lipinski definition) is 5. The SMILES string of the molecule is COC(=O)c1cc(NC(=O)CCCCl)ccc1[N+](=O)[O-]. The van der Waals surface area contributed by atoms with Crippen LogP contribution in [0.4, 0.5) is 11.4 Å². The Morgan fingerprint density at radius 1 is 1.45 bits per heavy atom. The van der Waals surface area contributed by atoms with Gasteiger partial charge in [0.25, 0.3) is 5.69 Å². The summed E-state index contributed by atoms with van der Waals surface area (Å²) in [5.41, 5.74) is -0.307. The molecule has 0 heterocycles. The van der Waals surface area contributed by atoms with Crippen molar-refractivity contribution in [1.82, 2.24) is 0 Å². The Balaban J connectivity index is 2.98. The van der Waals surface area contributed by atoms with Crippen LogP contribution in [0.5, 0.6) is 0 Å². The van der Waals surface area contributed by atoms with Crippen LogP contribution in [0, 0.1) is 10.1 Å². The highest BCUT2D eigenvalue weighted by atomic mass is 35.5. The monoisotopic (exact) mass is 300 g/mol. The Bertz CT molecular complexity index is 533. The average molecular weight is 301 g/mol. The van der Waals surface area contributed by atoms with Gasteiger partial charge in [0.15, 0.2) is 0 Å². The van der Waals surface area contributed by atoms with Crippen molar-refractivity contribution >= 4 is 34.9 Å². The van der Waals surface area contributed by atoms with Crippen LogP contribution in [0.2, 0.25) is 0 Å². The quantitative estimate of drug-likeness (QED) is 0.376. The number of esters is 1. The third-order valence-corrected chi connectivity index (χ3v) is 2.69. The van der Waals surface area contributed by atoms with E-state index < -0.39 is 10.9 Å². The molecule has 1 amide bonds. The average Bonchev–Trinajstić information content (AvgIpc) is 2.43. The van der Waals surface area contributed by atoms with E-state index in [0.29, 0.717) is 12.3 Å². The van der Waals surface area contributed by atoms with Crippen LogP contribution >= 0.6 is 11.6 Å². The fourth-order valence-electron chi connectivity index (χ4n) is 1.50. The molecule has 0 saturated carbocycles. The third-order valence-electron chi connectivity index (χ3n) is 2.42. The van der Waals surface area contributed by atoms with E-state index >= 15 is 0 Å². The molecule has 0 aliphatic rings. The summed E-state index contributed by atoms with van der Waals surface area (Å²) in [7, 11) is 1.12. The van der Waals surface area contributed by atoms with Gasteiger partial charge in [-0.15, -0.1) is 11.6 Å². The second-order valence-electron chi connectivity index (χ2n) is 3.82. The molecule has 0 unspecified atom stereocenters. The fourth-order valence-corrected chi connectivity index (χ4v) is 1.63. The molecule has 8 heteroatoms. The lowest BCUT2D eigenvalue weighted by Crippen LogP contribution is -2.13. The Kier molecular flexibility index (Phi) is 5.92. The van der Waals surface area contributed by atoms with E-state index in [1.807, 2.05) is 0 Å². The first-order chi connectivity index (χ1) is 9.49. The largest absolute Gasteiger partial charge is 0.465 e. The number of ether oxygens (including phenoxy) is 1. The summed E-state index contributed by atoms with van der Waals surface area (Å²) < 4.78 is 4.48. The lowest BCUT2D eigenvalue weighted by molar-refractivity contribution is -0.385. The molecular formula is C12H13ClN2O5. The molecule has 1 aromatic carbocycles. The van der Waals surface area contributed by atoms with Gasteiger partial charge >= 0.3 is 5.97 Å². The standard InChI is InChI=1S/C12H13ClN2O5/c1-20-12(17)9-7-8(4-5-10(9)15(18)19)14-11(16)3-2-6-13/h4-5,7H,2-3,6H2,1H3,(H,14,16). The van der Waals surface area contributed by atoms with Gasteiger partial charge in [-0.05, 0) is 18.6 Å². The molecule has 0 spiro atoms. The van der Waals surface area contributed by atoms with E-state index in [1.54, 1.807) is 0 Å². The minimum absolute atomic E-state index is 0.215. The molecule has 0 aromatic heterocycles. The van der Waals surface area contributed by atoms with Crippen molar-refractivity contribution in [2.24, 2.45) is 0 Å². The van der Waals surface area contributed by atoms with E-state index in [0.717, 1.165) is 13.2 Å². The van der Waals surface area contributed by atoms with Crippen molar-refractivity contribution in [3.63, 3.8) is 0 Å². The fraction of sp³-hybridized carbons (Fsp3) is 0.333. The number of alkyl halides is 1. The maximum absolute atomic E-state index is 11.5. The van der Waals surface area contributed by atoms with Gasteiger partial charge in [0.2, 0.25) is 5.91 Å². The zero-order valence-electron chi connectivity index (χ0n) is 10.7. The second kappa shape index (κ2) is 7.44. The molecule has 0 atom stereocenters. The van der Waals surface area contributed by atoms with E-state index in [-0.39, 0.29) is 29.3 Å². The predicted octanol–water partition coefficient (Wildman–Crippen LogP) is 2.34. The van der Waals surface area contributed by atoms with Gasteiger partial charge in [-0.2, -0.15) is 0 Å². The lowest BCUT2D eigenvalue weighted by Gasteiger charge is -2.07. The summed E-state index contributed by atoms with van der Waals surface area (Å²) >= 11 is 5.47. The number of nitrogens with zero attached hydrogens (tertiary/aromatic N) is 1. The smallest absolute Gasteiger partial charge is 0.344 e. The first-order valence-corrected chi connectivity index (χ1v) is 6.25. The van der Waals surface area contributed by atoms with Gasteiger partial charge in [-0.3, -0.25) is 14.9 Å². The lowest BCUT2D eigenvalue weighted by atomic mass is 10.1. The number of nitrogens with one attached hydrogen (secondary N) is 1. The maximum Gasteiger partial charge on any atom is 0.344 e. The van der Waals surface area contributed by atoms with E-state index in [4.69, 9.17) is 11.6 Å². The van der Waals surface area contributed by atoms with Crippen LogP contribution in [0.15, 0.2) is 18.2 Å². The normalized spacial score (nSPS) is 9.90. The summed E-state index contributed by atoms with van der Waals surface area (Å²) in [5.74, 6) is -0.759. The zero-order valence-corrected chi connectivity index (χ0v) is 11.5. The number of hydrogen-bond donors (Lipinski definition) is 1. The second-order valence-corrected chi connectivity index (χ2v) is 4.20. The van der Waals surface area contributed by atoms with Crippen molar-refractivity contribution in [1.29, 1.82) is 0 Å². The number of halogens is 1. The van der Waals surface area contributed by atoms with Crippen molar-refractivity contribution < 1.29 is 19.2 Å². The number of nitro benzene ring substituents is 1. The van der Waals surface area contributed by atoms with Crippen molar-refractivity contribution in [3.8, 4) is 0 Å². The van der Waals surface area contributed by atoms with Gasteiger partial charge in [-0.25, -0.2) is 4.79 Å². The van der Waals surface area contributed by atoms with Gasteiger partial charge in [-0.1, -0.05) is 0 Å². The van der Waals surface area contributed by atoms with Crippen LogP contribution in [0.1, 0.15) is 23.2 Å².